The third-order valence-electron chi connectivity index (χ3n) is 2.53. The van der Waals surface area contributed by atoms with Crippen molar-refractivity contribution in [3.63, 3.8) is 0 Å². The second-order valence-corrected chi connectivity index (χ2v) is 4.19. The molecule has 0 aliphatic heterocycles. The van der Waals surface area contributed by atoms with Gasteiger partial charge in [0.2, 0.25) is 0 Å². The van der Waals surface area contributed by atoms with Crippen LogP contribution in [-0.2, 0) is 0 Å². The zero-order valence-corrected chi connectivity index (χ0v) is 10.3. The van der Waals surface area contributed by atoms with Crippen molar-refractivity contribution in [2.75, 3.05) is 0 Å². The van der Waals surface area contributed by atoms with Gasteiger partial charge in [0.25, 0.3) is 0 Å². The summed E-state index contributed by atoms with van der Waals surface area (Å²) in [5.41, 5.74) is 1.51. The van der Waals surface area contributed by atoms with Gasteiger partial charge in [-0.25, -0.2) is 0 Å². The van der Waals surface area contributed by atoms with Crippen LogP contribution in [0.3, 0.4) is 0 Å². The largest absolute Gasteiger partial charge is 0.0885 e. The summed E-state index contributed by atoms with van der Waals surface area (Å²) in [5, 5.41) is 0. The fourth-order valence-electron chi connectivity index (χ4n) is 1.42. The van der Waals surface area contributed by atoms with E-state index in [1.807, 2.05) is 0 Å². The molecule has 0 fully saturated rings. The molecule has 0 heterocycles. The lowest BCUT2D eigenvalue weighted by molar-refractivity contribution is 0.727. The Kier molecular flexibility index (Phi) is 8.72. The lowest BCUT2D eigenvalue weighted by Crippen LogP contribution is -1.88. The minimum Gasteiger partial charge on any atom is -0.0885 e. The third kappa shape index (κ3) is 8.10. The molecular formula is C14H26. The van der Waals surface area contributed by atoms with Gasteiger partial charge < -0.3 is 0 Å². The van der Waals surface area contributed by atoms with Crippen molar-refractivity contribution in [3.8, 4) is 0 Å². The molecule has 0 spiro atoms. The molecule has 14 heavy (non-hydrogen) atoms. The van der Waals surface area contributed by atoms with Gasteiger partial charge in [0.1, 0.15) is 0 Å². The summed E-state index contributed by atoms with van der Waals surface area (Å²) in [6.07, 6.45) is 13.3. The number of allylic oxidation sites excluding steroid dienone is 4. The lowest BCUT2D eigenvalue weighted by atomic mass is 10.0. The summed E-state index contributed by atoms with van der Waals surface area (Å²) in [6.45, 7) is 8.97. The van der Waals surface area contributed by atoms with E-state index in [1.165, 1.54) is 37.7 Å². The van der Waals surface area contributed by atoms with Crippen molar-refractivity contribution < 1.29 is 0 Å². The molecular weight excluding hydrogens is 168 g/mol. The van der Waals surface area contributed by atoms with E-state index in [2.05, 4.69) is 45.9 Å². The average molecular weight is 194 g/mol. The SMILES string of the molecule is CCCCC=CCC(C)C=C(C)CC. The molecule has 0 N–H and O–H groups in total. The Bertz CT molecular complexity index is 174. The zero-order chi connectivity index (χ0) is 10.8. The molecule has 0 radical (unpaired) electrons. The van der Waals surface area contributed by atoms with Crippen molar-refractivity contribution >= 4 is 0 Å². The minimum absolute atomic E-state index is 0.702. The molecule has 0 aliphatic rings. The predicted molar refractivity (Wildman–Crippen MR) is 66.5 cm³/mol. The first-order valence-corrected chi connectivity index (χ1v) is 6.03. The molecule has 0 amide bonds. The van der Waals surface area contributed by atoms with Gasteiger partial charge in [0.05, 0.1) is 0 Å². The first-order chi connectivity index (χ1) is 6.70. The number of rotatable bonds is 7. The predicted octanol–water partition coefficient (Wildman–Crippen LogP) is 5.12. The Hall–Kier alpha value is -0.520. The first kappa shape index (κ1) is 13.5. The maximum atomic E-state index is 2.39. The van der Waals surface area contributed by atoms with E-state index in [9.17, 15) is 0 Å². The molecule has 1 atom stereocenters. The summed E-state index contributed by atoms with van der Waals surface area (Å²) in [7, 11) is 0. The van der Waals surface area contributed by atoms with Crippen LogP contribution in [0.5, 0.6) is 0 Å². The van der Waals surface area contributed by atoms with Crippen LogP contribution >= 0.6 is 0 Å². The molecule has 0 saturated heterocycles. The van der Waals surface area contributed by atoms with Crippen LogP contribution in [0, 0.1) is 5.92 Å². The van der Waals surface area contributed by atoms with Gasteiger partial charge in [-0.15, -0.1) is 0 Å². The Labute approximate surface area is 90.1 Å². The Morgan fingerprint density at radius 1 is 1.21 bits per heavy atom. The van der Waals surface area contributed by atoms with E-state index in [-0.39, 0.29) is 0 Å². The highest BCUT2D eigenvalue weighted by Crippen LogP contribution is 2.10. The normalized spacial score (nSPS) is 15.0. The van der Waals surface area contributed by atoms with E-state index in [0.717, 1.165) is 0 Å². The molecule has 0 aliphatic carbocycles. The quantitative estimate of drug-likeness (QED) is 0.390. The van der Waals surface area contributed by atoms with Crippen LogP contribution in [0.2, 0.25) is 0 Å². The van der Waals surface area contributed by atoms with Crippen molar-refractivity contribution in [1.29, 1.82) is 0 Å². The highest BCUT2D eigenvalue weighted by Gasteiger charge is 1.94. The van der Waals surface area contributed by atoms with E-state index in [0.29, 0.717) is 5.92 Å². The fraction of sp³-hybridized carbons (Fsp3) is 0.714. The maximum absolute atomic E-state index is 2.39. The van der Waals surface area contributed by atoms with Gasteiger partial charge in [-0.05, 0) is 32.1 Å². The Morgan fingerprint density at radius 3 is 2.50 bits per heavy atom. The Balaban J connectivity index is 3.62. The molecule has 0 rings (SSSR count). The smallest absolute Gasteiger partial charge is 0.0225 e. The van der Waals surface area contributed by atoms with E-state index in [1.54, 1.807) is 0 Å². The maximum Gasteiger partial charge on any atom is -0.0225 e. The van der Waals surface area contributed by atoms with E-state index >= 15 is 0 Å². The lowest BCUT2D eigenvalue weighted by Gasteiger charge is -2.03. The molecule has 1 unspecified atom stereocenters. The van der Waals surface area contributed by atoms with Gasteiger partial charge in [-0.1, -0.05) is 57.4 Å². The summed E-state index contributed by atoms with van der Waals surface area (Å²) in [4.78, 5) is 0. The molecule has 82 valence electrons. The summed E-state index contributed by atoms with van der Waals surface area (Å²) in [6, 6.07) is 0. The van der Waals surface area contributed by atoms with Crippen LogP contribution in [0.1, 0.15) is 59.8 Å². The topological polar surface area (TPSA) is 0 Å². The summed E-state index contributed by atoms with van der Waals surface area (Å²) >= 11 is 0. The van der Waals surface area contributed by atoms with Crippen LogP contribution in [0.25, 0.3) is 0 Å². The number of hydrogen-bond donors (Lipinski definition) is 0. The highest BCUT2D eigenvalue weighted by molar-refractivity contribution is 5.01. The van der Waals surface area contributed by atoms with Gasteiger partial charge in [0.15, 0.2) is 0 Å². The second-order valence-electron chi connectivity index (χ2n) is 4.19. The number of unbranched alkanes of at least 4 members (excludes halogenated alkanes) is 2. The average Bonchev–Trinajstić information content (AvgIpc) is 2.17. The van der Waals surface area contributed by atoms with Gasteiger partial charge in [0, 0.05) is 0 Å². The number of hydrogen-bond acceptors (Lipinski definition) is 0. The van der Waals surface area contributed by atoms with Crippen molar-refractivity contribution in [2.45, 2.75) is 59.8 Å². The van der Waals surface area contributed by atoms with E-state index in [4.69, 9.17) is 0 Å². The first-order valence-electron chi connectivity index (χ1n) is 6.03. The fourth-order valence-corrected chi connectivity index (χ4v) is 1.42. The molecule has 0 aromatic heterocycles. The molecule has 0 nitrogen and oxygen atoms in total. The van der Waals surface area contributed by atoms with Gasteiger partial charge in [-0.3, -0.25) is 0 Å². The van der Waals surface area contributed by atoms with Crippen LogP contribution in [0.4, 0.5) is 0 Å². The zero-order valence-electron chi connectivity index (χ0n) is 10.3. The highest BCUT2D eigenvalue weighted by atomic mass is 14.0. The van der Waals surface area contributed by atoms with Crippen molar-refractivity contribution in [1.82, 2.24) is 0 Å². The van der Waals surface area contributed by atoms with Crippen LogP contribution < -0.4 is 0 Å². The molecule has 0 saturated carbocycles. The minimum atomic E-state index is 0.702. The third-order valence-corrected chi connectivity index (χ3v) is 2.53. The Morgan fingerprint density at radius 2 is 1.93 bits per heavy atom. The summed E-state index contributed by atoms with van der Waals surface area (Å²) in [5.74, 6) is 0.702. The van der Waals surface area contributed by atoms with Crippen LogP contribution in [-0.4, -0.2) is 0 Å². The van der Waals surface area contributed by atoms with E-state index < -0.39 is 0 Å². The van der Waals surface area contributed by atoms with Crippen molar-refractivity contribution in [2.24, 2.45) is 5.92 Å². The monoisotopic (exact) mass is 194 g/mol. The molecule has 0 bridgehead atoms. The molecule has 0 aromatic rings. The molecule has 0 aromatic carbocycles. The second kappa shape index (κ2) is 9.05. The van der Waals surface area contributed by atoms with Gasteiger partial charge >= 0.3 is 0 Å². The van der Waals surface area contributed by atoms with Crippen LogP contribution in [0.15, 0.2) is 23.8 Å². The summed E-state index contributed by atoms with van der Waals surface area (Å²) < 4.78 is 0. The van der Waals surface area contributed by atoms with Crippen molar-refractivity contribution in [3.05, 3.63) is 23.8 Å². The van der Waals surface area contributed by atoms with Gasteiger partial charge in [-0.2, -0.15) is 0 Å². The standard InChI is InChI=1S/C14H26/c1-5-7-8-9-10-11-14(4)12-13(3)6-2/h9-10,12,14H,5-8,11H2,1-4H3. The molecule has 0 heteroatoms.